The van der Waals surface area contributed by atoms with Gasteiger partial charge in [-0.3, -0.25) is 4.79 Å². The van der Waals surface area contributed by atoms with E-state index in [9.17, 15) is 9.18 Å². The SMILES string of the molecule is CNC(=O)c1ccc(C(C)CCC/C=C/c2ccccc2)c(F)c1. The van der Waals surface area contributed by atoms with Crippen molar-refractivity contribution in [2.24, 2.45) is 0 Å². The van der Waals surface area contributed by atoms with E-state index in [2.05, 4.69) is 29.6 Å². The smallest absolute Gasteiger partial charge is 0.251 e. The molecule has 0 bridgehead atoms. The van der Waals surface area contributed by atoms with E-state index < -0.39 is 0 Å². The molecule has 2 aromatic rings. The first kappa shape index (κ1) is 17.9. The van der Waals surface area contributed by atoms with Crippen LogP contribution in [-0.4, -0.2) is 13.0 Å². The molecule has 1 N–H and O–H groups in total. The van der Waals surface area contributed by atoms with E-state index in [1.807, 2.05) is 25.1 Å². The van der Waals surface area contributed by atoms with Crippen LogP contribution in [0.15, 0.2) is 54.6 Å². The Kier molecular flexibility index (Phi) is 6.74. The zero-order chi connectivity index (χ0) is 17.4. The summed E-state index contributed by atoms with van der Waals surface area (Å²) in [4.78, 5) is 11.5. The van der Waals surface area contributed by atoms with Gasteiger partial charge in [0.05, 0.1) is 0 Å². The zero-order valence-corrected chi connectivity index (χ0v) is 14.3. The van der Waals surface area contributed by atoms with Crippen LogP contribution >= 0.6 is 0 Å². The van der Waals surface area contributed by atoms with Crippen LogP contribution in [0.1, 0.15) is 53.6 Å². The van der Waals surface area contributed by atoms with Gasteiger partial charge >= 0.3 is 0 Å². The lowest BCUT2D eigenvalue weighted by Crippen LogP contribution is -2.18. The average molecular weight is 325 g/mol. The van der Waals surface area contributed by atoms with Gasteiger partial charge in [-0.2, -0.15) is 0 Å². The van der Waals surface area contributed by atoms with Crippen LogP contribution in [0.5, 0.6) is 0 Å². The third-order valence-corrected chi connectivity index (χ3v) is 4.14. The molecule has 2 aromatic carbocycles. The second-order valence-electron chi connectivity index (χ2n) is 5.96. The Labute approximate surface area is 143 Å². The molecule has 0 aliphatic carbocycles. The fraction of sp³-hybridized carbons (Fsp3) is 0.286. The van der Waals surface area contributed by atoms with Gasteiger partial charge in [0.25, 0.3) is 5.91 Å². The van der Waals surface area contributed by atoms with Crippen LogP contribution in [0.4, 0.5) is 4.39 Å². The minimum absolute atomic E-state index is 0.133. The zero-order valence-electron chi connectivity index (χ0n) is 14.3. The van der Waals surface area contributed by atoms with Gasteiger partial charge in [0.2, 0.25) is 0 Å². The van der Waals surface area contributed by atoms with Crippen LogP contribution in [-0.2, 0) is 0 Å². The normalized spacial score (nSPS) is 12.3. The maximum Gasteiger partial charge on any atom is 0.251 e. The average Bonchev–Trinajstić information content (AvgIpc) is 2.61. The molecule has 24 heavy (non-hydrogen) atoms. The Balaban J connectivity index is 1.85. The molecule has 0 saturated carbocycles. The maximum absolute atomic E-state index is 14.2. The number of hydrogen-bond donors (Lipinski definition) is 1. The number of unbranched alkanes of at least 4 members (excludes halogenated alkanes) is 1. The summed E-state index contributed by atoms with van der Waals surface area (Å²) in [5.74, 6) is -0.434. The molecule has 1 amide bonds. The quantitative estimate of drug-likeness (QED) is 0.699. The Morgan fingerprint density at radius 3 is 2.62 bits per heavy atom. The summed E-state index contributed by atoms with van der Waals surface area (Å²) in [6.45, 7) is 2.03. The molecule has 0 aliphatic rings. The molecule has 0 fully saturated rings. The molecular weight excluding hydrogens is 301 g/mol. The first-order valence-electron chi connectivity index (χ1n) is 8.35. The molecule has 0 radical (unpaired) electrons. The first-order valence-corrected chi connectivity index (χ1v) is 8.35. The lowest BCUT2D eigenvalue weighted by Gasteiger charge is -2.13. The van der Waals surface area contributed by atoms with Gasteiger partial charge in [-0.25, -0.2) is 4.39 Å². The number of allylic oxidation sites excluding steroid dienone is 1. The molecule has 1 atom stereocenters. The summed E-state index contributed by atoms with van der Waals surface area (Å²) in [5, 5.41) is 2.51. The molecule has 1 unspecified atom stereocenters. The number of carbonyl (C=O) groups excluding carboxylic acids is 1. The van der Waals surface area contributed by atoms with E-state index in [-0.39, 0.29) is 17.6 Å². The first-order chi connectivity index (χ1) is 11.6. The van der Waals surface area contributed by atoms with Crippen LogP contribution in [0.3, 0.4) is 0 Å². The van der Waals surface area contributed by atoms with Gasteiger partial charge in [0.1, 0.15) is 5.82 Å². The van der Waals surface area contributed by atoms with Crippen LogP contribution in [0.2, 0.25) is 0 Å². The standard InChI is InChI=1S/C21H24FNO/c1-16(9-5-3-6-10-17-11-7-4-8-12-17)19-14-13-18(15-20(19)22)21(24)23-2/h4,6-8,10-16H,3,5,9H2,1-2H3,(H,23,24)/b10-6+. The van der Waals surface area contributed by atoms with Crippen LogP contribution in [0, 0.1) is 5.82 Å². The van der Waals surface area contributed by atoms with Crippen LogP contribution < -0.4 is 5.32 Å². The molecular formula is C21H24FNO. The summed E-state index contributed by atoms with van der Waals surface area (Å²) in [6.07, 6.45) is 7.16. The van der Waals surface area contributed by atoms with Gasteiger partial charge in [-0.1, -0.05) is 55.5 Å². The topological polar surface area (TPSA) is 29.1 Å². The Bertz CT molecular complexity index is 694. The summed E-state index contributed by atoms with van der Waals surface area (Å²) in [5.41, 5.74) is 2.23. The van der Waals surface area contributed by atoms with E-state index in [4.69, 9.17) is 0 Å². The Morgan fingerprint density at radius 1 is 1.21 bits per heavy atom. The van der Waals surface area contributed by atoms with Gasteiger partial charge in [0.15, 0.2) is 0 Å². The van der Waals surface area contributed by atoms with Crippen molar-refractivity contribution in [2.45, 2.75) is 32.1 Å². The van der Waals surface area contributed by atoms with Crippen molar-refractivity contribution >= 4 is 12.0 Å². The van der Waals surface area contributed by atoms with Crippen molar-refractivity contribution in [3.05, 3.63) is 77.1 Å². The lowest BCUT2D eigenvalue weighted by atomic mass is 9.94. The number of rotatable bonds is 7. The minimum atomic E-state index is -0.302. The monoisotopic (exact) mass is 325 g/mol. The number of amides is 1. The number of carbonyl (C=O) groups is 1. The highest BCUT2D eigenvalue weighted by molar-refractivity contribution is 5.94. The van der Waals surface area contributed by atoms with Crippen molar-refractivity contribution in [1.82, 2.24) is 5.32 Å². The molecule has 126 valence electrons. The van der Waals surface area contributed by atoms with Crippen molar-refractivity contribution in [3.8, 4) is 0 Å². The van der Waals surface area contributed by atoms with E-state index in [0.29, 0.717) is 11.1 Å². The highest BCUT2D eigenvalue weighted by Gasteiger charge is 2.13. The van der Waals surface area contributed by atoms with E-state index >= 15 is 0 Å². The number of halogens is 1. The number of benzene rings is 2. The molecule has 0 aromatic heterocycles. The van der Waals surface area contributed by atoms with Crippen molar-refractivity contribution in [3.63, 3.8) is 0 Å². The third-order valence-electron chi connectivity index (χ3n) is 4.14. The third kappa shape index (κ3) is 5.05. The second-order valence-corrected chi connectivity index (χ2v) is 5.96. The highest BCUT2D eigenvalue weighted by atomic mass is 19.1. The van der Waals surface area contributed by atoms with Crippen molar-refractivity contribution < 1.29 is 9.18 Å². The van der Waals surface area contributed by atoms with E-state index in [0.717, 1.165) is 19.3 Å². The molecule has 0 heterocycles. The number of hydrogen-bond acceptors (Lipinski definition) is 1. The van der Waals surface area contributed by atoms with E-state index in [1.54, 1.807) is 19.2 Å². The lowest BCUT2D eigenvalue weighted by molar-refractivity contribution is 0.0962. The van der Waals surface area contributed by atoms with Gasteiger partial charge in [-0.15, -0.1) is 0 Å². The minimum Gasteiger partial charge on any atom is -0.355 e. The van der Waals surface area contributed by atoms with Crippen LogP contribution in [0.25, 0.3) is 6.08 Å². The predicted octanol–water partition coefficient (Wildman–Crippen LogP) is 5.17. The molecule has 2 rings (SSSR count). The van der Waals surface area contributed by atoms with Gasteiger partial charge in [0, 0.05) is 12.6 Å². The maximum atomic E-state index is 14.2. The Morgan fingerprint density at radius 2 is 1.96 bits per heavy atom. The van der Waals surface area contributed by atoms with Crippen molar-refractivity contribution in [1.29, 1.82) is 0 Å². The molecule has 0 aliphatic heterocycles. The fourth-order valence-corrected chi connectivity index (χ4v) is 2.69. The summed E-state index contributed by atoms with van der Waals surface area (Å²) in [6, 6.07) is 14.9. The van der Waals surface area contributed by atoms with Crippen molar-refractivity contribution in [2.75, 3.05) is 7.05 Å². The van der Waals surface area contributed by atoms with E-state index in [1.165, 1.54) is 11.6 Å². The molecule has 2 nitrogen and oxygen atoms in total. The summed E-state index contributed by atoms with van der Waals surface area (Å²) < 4.78 is 14.2. The predicted molar refractivity (Wildman–Crippen MR) is 97.5 cm³/mol. The molecule has 3 heteroatoms. The Hall–Kier alpha value is -2.42. The fourth-order valence-electron chi connectivity index (χ4n) is 2.69. The van der Waals surface area contributed by atoms with Gasteiger partial charge in [-0.05, 0) is 48.4 Å². The number of nitrogens with one attached hydrogen (secondary N) is 1. The highest BCUT2D eigenvalue weighted by Crippen LogP contribution is 2.25. The largest absolute Gasteiger partial charge is 0.355 e. The summed E-state index contributed by atoms with van der Waals surface area (Å²) >= 11 is 0. The molecule has 0 spiro atoms. The molecule has 0 saturated heterocycles. The second kappa shape index (κ2) is 9.02. The van der Waals surface area contributed by atoms with Gasteiger partial charge < -0.3 is 5.32 Å². The summed E-state index contributed by atoms with van der Waals surface area (Å²) in [7, 11) is 1.54.